The van der Waals surface area contributed by atoms with Crippen LogP contribution in [0.3, 0.4) is 0 Å². The second-order valence-electron chi connectivity index (χ2n) is 4.72. The van der Waals surface area contributed by atoms with E-state index in [1.807, 2.05) is 0 Å². The standard InChI is InChI=1S/C11H16N2/c1-11(2)4-3-10-8(6-11)5-9(12)7-13-10/h5,7H,3-4,6,12H2,1-2H3. The lowest BCUT2D eigenvalue weighted by molar-refractivity contribution is 0.312. The molecule has 0 amide bonds. The van der Waals surface area contributed by atoms with Gasteiger partial charge in [-0.2, -0.15) is 0 Å². The van der Waals surface area contributed by atoms with Crippen LogP contribution in [0.4, 0.5) is 5.69 Å². The van der Waals surface area contributed by atoms with Gasteiger partial charge in [-0.25, -0.2) is 0 Å². The van der Waals surface area contributed by atoms with Crippen LogP contribution in [0, 0.1) is 5.41 Å². The molecule has 1 aliphatic carbocycles. The van der Waals surface area contributed by atoms with E-state index in [0.717, 1.165) is 18.5 Å². The van der Waals surface area contributed by atoms with Crippen molar-refractivity contribution >= 4 is 5.69 Å². The molecular weight excluding hydrogens is 160 g/mol. The van der Waals surface area contributed by atoms with Gasteiger partial charge in [0, 0.05) is 5.69 Å². The molecule has 0 unspecified atom stereocenters. The van der Waals surface area contributed by atoms with Crippen molar-refractivity contribution in [2.24, 2.45) is 5.41 Å². The Balaban J connectivity index is 2.38. The Morgan fingerprint density at radius 2 is 2.23 bits per heavy atom. The second-order valence-corrected chi connectivity index (χ2v) is 4.72. The third kappa shape index (κ3) is 1.67. The number of rotatable bonds is 0. The second kappa shape index (κ2) is 2.72. The van der Waals surface area contributed by atoms with Gasteiger partial charge in [0.15, 0.2) is 0 Å². The van der Waals surface area contributed by atoms with Crippen molar-refractivity contribution in [2.75, 3.05) is 5.73 Å². The number of pyridine rings is 1. The molecule has 1 heterocycles. The normalized spacial score (nSPS) is 19.5. The molecule has 2 rings (SSSR count). The molecule has 0 atom stereocenters. The molecule has 0 radical (unpaired) electrons. The maximum atomic E-state index is 5.71. The average molecular weight is 176 g/mol. The van der Waals surface area contributed by atoms with E-state index in [1.165, 1.54) is 17.7 Å². The predicted molar refractivity (Wildman–Crippen MR) is 54.5 cm³/mol. The smallest absolute Gasteiger partial charge is 0.0503 e. The minimum absolute atomic E-state index is 0.419. The number of nitrogens with zero attached hydrogens (tertiary/aromatic N) is 1. The molecule has 1 aliphatic rings. The van der Waals surface area contributed by atoms with Gasteiger partial charge in [-0.3, -0.25) is 4.98 Å². The lowest BCUT2D eigenvalue weighted by atomic mass is 9.76. The van der Waals surface area contributed by atoms with Crippen LogP contribution in [-0.2, 0) is 12.8 Å². The monoisotopic (exact) mass is 176 g/mol. The Morgan fingerprint density at radius 1 is 1.46 bits per heavy atom. The van der Waals surface area contributed by atoms with Gasteiger partial charge < -0.3 is 5.73 Å². The van der Waals surface area contributed by atoms with Crippen LogP contribution in [0.15, 0.2) is 12.3 Å². The fourth-order valence-electron chi connectivity index (χ4n) is 2.00. The third-order valence-corrected chi connectivity index (χ3v) is 2.79. The molecule has 1 aromatic rings. The van der Waals surface area contributed by atoms with Gasteiger partial charge in [-0.05, 0) is 36.3 Å². The summed E-state index contributed by atoms with van der Waals surface area (Å²) in [5.74, 6) is 0. The molecule has 0 saturated carbocycles. The van der Waals surface area contributed by atoms with Crippen molar-refractivity contribution in [3.05, 3.63) is 23.5 Å². The highest BCUT2D eigenvalue weighted by atomic mass is 14.7. The first-order valence-electron chi connectivity index (χ1n) is 4.80. The van der Waals surface area contributed by atoms with Crippen LogP contribution < -0.4 is 5.73 Å². The molecule has 70 valence electrons. The molecule has 2 N–H and O–H groups in total. The third-order valence-electron chi connectivity index (χ3n) is 2.79. The van der Waals surface area contributed by atoms with Crippen molar-refractivity contribution in [2.45, 2.75) is 33.1 Å². The van der Waals surface area contributed by atoms with Crippen LogP contribution in [0.25, 0.3) is 0 Å². The van der Waals surface area contributed by atoms with Gasteiger partial charge in [0.25, 0.3) is 0 Å². The predicted octanol–water partition coefficient (Wildman–Crippen LogP) is 2.18. The van der Waals surface area contributed by atoms with Crippen LogP contribution in [0.2, 0.25) is 0 Å². The van der Waals surface area contributed by atoms with E-state index in [4.69, 9.17) is 5.73 Å². The summed E-state index contributed by atoms with van der Waals surface area (Å²) < 4.78 is 0. The number of anilines is 1. The number of hydrogen-bond acceptors (Lipinski definition) is 2. The zero-order valence-corrected chi connectivity index (χ0v) is 8.30. The largest absolute Gasteiger partial charge is 0.397 e. The molecule has 2 nitrogen and oxygen atoms in total. The fraction of sp³-hybridized carbons (Fsp3) is 0.545. The van der Waals surface area contributed by atoms with Gasteiger partial charge >= 0.3 is 0 Å². The topological polar surface area (TPSA) is 38.9 Å². The number of aryl methyl sites for hydroxylation is 1. The highest BCUT2D eigenvalue weighted by molar-refractivity contribution is 5.41. The minimum Gasteiger partial charge on any atom is -0.397 e. The first-order chi connectivity index (χ1) is 6.07. The Bertz CT molecular complexity index is 329. The molecule has 0 aromatic carbocycles. The summed E-state index contributed by atoms with van der Waals surface area (Å²) in [4.78, 5) is 4.36. The Hall–Kier alpha value is -1.05. The molecule has 0 aliphatic heterocycles. The van der Waals surface area contributed by atoms with E-state index in [-0.39, 0.29) is 0 Å². The van der Waals surface area contributed by atoms with E-state index >= 15 is 0 Å². The van der Waals surface area contributed by atoms with Crippen LogP contribution in [0.5, 0.6) is 0 Å². The van der Waals surface area contributed by atoms with Crippen LogP contribution in [-0.4, -0.2) is 4.98 Å². The summed E-state index contributed by atoms with van der Waals surface area (Å²) in [6, 6.07) is 2.07. The molecule has 0 spiro atoms. The maximum absolute atomic E-state index is 5.71. The fourth-order valence-corrected chi connectivity index (χ4v) is 2.00. The Labute approximate surface area is 79.2 Å². The van der Waals surface area contributed by atoms with Crippen molar-refractivity contribution in [3.8, 4) is 0 Å². The van der Waals surface area contributed by atoms with E-state index in [9.17, 15) is 0 Å². The van der Waals surface area contributed by atoms with E-state index < -0.39 is 0 Å². The molecule has 2 heteroatoms. The van der Waals surface area contributed by atoms with Crippen LogP contribution >= 0.6 is 0 Å². The minimum atomic E-state index is 0.419. The number of hydrogen-bond donors (Lipinski definition) is 1. The highest BCUT2D eigenvalue weighted by Crippen LogP contribution is 2.34. The molecule has 1 aromatic heterocycles. The lowest BCUT2D eigenvalue weighted by Gasteiger charge is -2.30. The van der Waals surface area contributed by atoms with Crippen molar-refractivity contribution in [1.82, 2.24) is 4.98 Å². The summed E-state index contributed by atoms with van der Waals surface area (Å²) >= 11 is 0. The maximum Gasteiger partial charge on any atom is 0.0503 e. The number of aromatic nitrogens is 1. The Kier molecular flexibility index (Phi) is 1.79. The summed E-state index contributed by atoms with van der Waals surface area (Å²) in [6.07, 6.45) is 5.21. The average Bonchev–Trinajstić information content (AvgIpc) is 2.01. The summed E-state index contributed by atoms with van der Waals surface area (Å²) in [6.45, 7) is 4.61. The van der Waals surface area contributed by atoms with Crippen molar-refractivity contribution in [3.63, 3.8) is 0 Å². The lowest BCUT2D eigenvalue weighted by Crippen LogP contribution is -2.23. The van der Waals surface area contributed by atoms with Gasteiger partial charge in [0.05, 0.1) is 11.9 Å². The first-order valence-corrected chi connectivity index (χ1v) is 4.80. The van der Waals surface area contributed by atoms with Gasteiger partial charge in [-0.15, -0.1) is 0 Å². The molecule has 0 bridgehead atoms. The molecule has 13 heavy (non-hydrogen) atoms. The molecule has 0 fully saturated rings. The summed E-state index contributed by atoms with van der Waals surface area (Å²) in [5.41, 5.74) is 9.50. The Morgan fingerprint density at radius 3 is 3.00 bits per heavy atom. The number of nitrogens with two attached hydrogens (primary N) is 1. The molecule has 0 saturated heterocycles. The first kappa shape index (κ1) is 8.54. The SMILES string of the molecule is CC1(C)CCc2ncc(N)cc2C1. The van der Waals surface area contributed by atoms with Gasteiger partial charge in [0.2, 0.25) is 0 Å². The van der Waals surface area contributed by atoms with Crippen molar-refractivity contribution in [1.29, 1.82) is 0 Å². The van der Waals surface area contributed by atoms with Crippen molar-refractivity contribution < 1.29 is 0 Å². The van der Waals surface area contributed by atoms with Crippen LogP contribution in [0.1, 0.15) is 31.5 Å². The van der Waals surface area contributed by atoms with Gasteiger partial charge in [0.1, 0.15) is 0 Å². The highest BCUT2D eigenvalue weighted by Gasteiger charge is 2.25. The van der Waals surface area contributed by atoms with E-state index in [1.54, 1.807) is 6.20 Å². The number of fused-ring (bicyclic) bond motifs is 1. The number of nitrogen functional groups attached to an aromatic ring is 1. The van der Waals surface area contributed by atoms with Gasteiger partial charge in [-0.1, -0.05) is 13.8 Å². The molecular formula is C11H16N2. The van der Waals surface area contributed by atoms with E-state index in [2.05, 4.69) is 24.9 Å². The summed E-state index contributed by atoms with van der Waals surface area (Å²) in [5, 5.41) is 0. The summed E-state index contributed by atoms with van der Waals surface area (Å²) in [7, 11) is 0. The zero-order chi connectivity index (χ0) is 9.47. The quantitative estimate of drug-likeness (QED) is 0.658. The van der Waals surface area contributed by atoms with E-state index in [0.29, 0.717) is 5.41 Å². The zero-order valence-electron chi connectivity index (χ0n) is 8.30.